The highest BCUT2D eigenvalue weighted by molar-refractivity contribution is 5.73. The highest BCUT2D eigenvalue weighted by Gasteiger charge is 2.13. The molecular formula is C19H18N2O5. The Morgan fingerprint density at radius 2 is 1.81 bits per heavy atom. The van der Waals surface area contributed by atoms with Crippen LogP contribution in [0.5, 0.6) is 11.5 Å². The van der Waals surface area contributed by atoms with Crippen molar-refractivity contribution in [3.05, 3.63) is 60.0 Å². The molecule has 26 heavy (non-hydrogen) atoms. The minimum absolute atomic E-state index is 0.0774. The van der Waals surface area contributed by atoms with E-state index in [1.165, 1.54) is 0 Å². The Balaban J connectivity index is 1.57. The van der Waals surface area contributed by atoms with Crippen molar-refractivity contribution in [2.75, 3.05) is 14.2 Å². The molecule has 1 heterocycles. The number of methoxy groups -OCH3 is 2. The van der Waals surface area contributed by atoms with Crippen molar-refractivity contribution < 1.29 is 23.5 Å². The monoisotopic (exact) mass is 354 g/mol. The Morgan fingerprint density at radius 1 is 1.04 bits per heavy atom. The third-order valence-electron chi connectivity index (χ3n) is 3.65. The number of nitrogens with zero attached hydrogens (tertiary/aromatic N) is 2. The first-order valence-electron chi connectivity index (χ1n) is 7.94. The Bertz CT molecular complexity index is 877. The lowest BCUT2D eigenvalue weighted by atomic mass is 10.1. The van der Waals surface area contributed by atoms with Gasteiger partial charge in [0.2, 0.25) is 5.82 Å². The van der Waals surface area contributed by atoms with Crippen LogP contribution in [0.25, 0.3) is 11.4 Å². The zero-order valence-electron chi connectivity index (χ0n) is 14.5. The smallest absolute Gasteiger partial charge is 0.310 e. The van der Waals surface area contributed by atoms with E-state index >= 15 is 0 Å². The maximum Gasteiger partial charge on any atom is 0.310 e. The fraction of sp³-hybridized carbons (Fsp3) is 0.211. The normalized spacial score (nSPS) is 10.4. The number of benzene rings is 2. The Hall–Kier alpha value is -3.35. The van der Waals surface area contributed by atoms with Gasteiger partial charge in [0.05, 0.1) is 20.6 Å². The minimum atomic E-state index is -0.406. The van der Waals surface area contributed by atoms with Gasteiger partial charge in [-0.1, -0.05) is 41.6 Å². The summed E-state index contributed by atoms with van der Waals surface area (Å²) in [6, 6.07) is 14.7. The van der Waals surface area contributed by atoms with Gasteiger partial charge in [-0.25, -0.2) is 0 Å². The molecule has 3 rings (SSSR count). The number of ether oxygens (including phenoxy) is 3. The predicted octanol–water partition coefficient (Wildman–Crippen LogP) is 3.04. The molecule has 0 aliphatic carbocycles. The number of carbonyl (C=O) groups excluding carboxylic acids is 1. The molecule has 0 bridgehead atoms. The highest BCUT2D eigenvalue weighted by atomic mass is 16.6. The summed E-state index contributed by atoms with van der Waals surface area (Å²) < 4.78 is 20.7. The fourth-order valence-corrected chi connectivity index (χ4v) is 2.37. The summed E-state index contributed by atoms with van der Waals surface area (Å²) in [6.45, 7) is -0.0774. The molecule has 0 aliphatic rings. The van der Waals surface area contributed by atoms with Crippen LogP contribution in [0.2, 0.25) is 0 Å². The van der Waals surface area contributed by atoms with Crippen molar-refractivity contribution in [1.29, 1.82) is 0 Å². The summed E-state index contributed by atoms with van der Waals surface area (Å²) >= 11 is 0. The molecule has 0 fully saturated rings. The molecule has 0 unspecified atom stereocenters. The van der Waals surface area contributed by atoms with E-state index in [1.807, 2.05) is 30.3 Å². The molecule has 0 aliphatic heterocycles. The van der Waals surface area contributed by atoms with E-state index in [9.17, 15) is 4.79 Å². The van der Waals surface area contributed by atoms with E-state index in [0.717, 1.165) is 11.1 Å². The molecule has 0 spiro atoms. The quantitative estimate of drug-likeness (QED) is 0.603. The lowest BCUT2D eigenvalue weighted by molar-refractivity contribution is -0.144. The van der Waals surface area contributed by atoms with Crippen LogP contribution in [0.3, 0.4) is 0 Å². The number of hydrogen-bond donors (Lipinski definition) is 0. The zero-order chi connectivity index (χ0) is 18.4. The maximum absolute atomic E-state index is 12.0. The lowest BCUT2D eigenvalue weighted by Gasteiger charge is -2.09. The van der Waals surface area contributed by atoms with Gasteiger partial charge in [-0.2, -0.15) is 4.98 Å². The topological polar surface area (TPSA) is 83.7 Å². The van der Waals surface area contributed by atoms with Crippen LogP contribution in [-0.4, -0.2) is 30.3 Å². The molecule has 7 heteroatoms. The van der Waals surface area contributed by atoms with Gasteiger partial charge in [-0.3, -0.25) is 4.79 Å². The Kier molecular flexibility index (Phi) is 5.48. The van der Waals surface area contributed by atoms with Crippen LogP contribution in [0.15, 0.2) is 53.1 Å². The van der Waals surface area contributed by atoms with Crippen molar-refractivity contribution in [3.8, 4) is 22.9 Å². The summed E-state index contributed by atoms with van der Waals surface area (Å²) in [6.07, 6.45) is 0.0973. The van der Waals surface area contributed by atoms with Crippen molar-refractivity contribution >= 4 is 5.97 Å². The second-order valence-electron chi connectivity index (χ2n) is 5.40. The number of aromatic nitrogens is 2. The minimum Gasteiger partial charge on any atom is -0.493 e. The number of carbonyl (C=O) groups is 1. The van der Waals surface area contributed by atoms with Gasteiger partial charge in [0.25, 0.3) is 5.89 Å². The van der Waals surface area contributed by atoms with Crippen LogP contribution >= 0.6 is 0 Å². The van der Waals surface area contributed by atoms with Crippen LogP contribution in [0, 0.1) is 0 Å². The largest absolute Gasteiger partial charge is 0.493 e. The van der Waals surface area contributed by atoms with E-state index < -0.39 is 5.97 Å². The van der Waals surface area contributed by atoms with Gasteiger partial charge >= 0.3 is 5.97 Å². The Morgan fingerprint density at radius 3 is 2.54 bits per heavy atom. The molecule has 0 atom stereocenters. The van der Waals surface area contributed by atoms with E-state index in [2.05, 4.69) is 10.1 Å². The van der Waals surface area contributed by atoms with Gasteiger partial charge in [0.1, 0.15) is 0 Å². The van der Waals surface area contributed by atoms with E-state index in [0.29, 0.717) is 17.3 Å². The third kappa shape index (κ3) is 4.18. The molecule has 134 valence electrons. The van der Waals surface area contributed by atoms with Crippen LogP contribution in [0.4, 0.5) is 0 Å². The van der Waals surface area contributed by atoms with Crippen molar-refractivity contribution in [2.24, 2.45) is 0 Å². The summed E-state index contributed by atoms with van der Waals surface area (Å²) in [5.41, 5.74) is 1.59. The lowest BCUT2D eigenvalue weighted by Crippen LogP contribution is -2.08. The number of esters is 1. The van der Waals surface area contributed by atoms with Gasteiger partial charge in [-0.15, -0.1) is 0 Å². The summed E-state index contributed by atoms with van der Waals surface area (Å²) in [7, 11) is 3.10. The average molecular weight is 354 g/mol. The van der Waals surface area contributed by atoms with Gasteiger partial charge < -0.3 is 18.7 Å². The summed E-state index contributed by atoms with van der Waals surface area (Å²) in [5.74, 6) is 1.45. The second kappa shape index (κ2) is 8.15. The van der Waals surface area contributed by atoms with E-state index in [4.69, 9.17) is 18.7 Å². The van der Waals surface area contributed by atoms with E-state index in [-0.39, 0.29) is 18.9 Å². The maximum atomic E-state index is 12.0. The van der Waals surface area contributed by atoms with Crippen LogP contribution in [0.1, 0.15) is 11.5 Å². The number of hydrogen-bond acceptors (Lipinski definition) is 7. The molecule has 0 radical (unpaired) electrons. The predicted molar refractivity (Wildman–Crippen MR) is 92.8 cm³/mol. The summed E-state index contributed by atoms with van der Waals surface area (Å²) in [4.78, 5) is 16.3. The molecule has 2 aromatic carbocycles. The van der Waals surface area contributed by atoms with Crippen molar-refractivity contribution in [2.45, 2.75) is 13.0 Å². The van der Waals surface area contributed by atoms with Gasteiger partial charge in [-0.05, 0) is 17.7 Å². The SMILES string of the molecule is COc1ccc(CC(=O)OCc2nc(-c3ccccc3)no2)cc1OC. The molecule has 0 saturated carbocycles. The van der Waals surface area contributed by atoms with Crippen LogP contribution in [-0.2, 0) is 22.6 Å². The second-order valence-corrected chi connectivity index (χ2v) is 5.40. The van der Waals surface area contributed by atoms with Crippen molar-refractivity contribution in [3.63, 3.8) is 0 Å². The first-order valence-corrected chi connectivity index (χ1v) is 7.94. The first-order chi connectivity index (χ1) is 12.7. The zero-order valence-corrected chi connectivity index (χ0v) is 14.5. The molecule has 7 nitrogen and oxygen atoms in total. The molecule has 3 aromatic rings. The fourth-order valence-electron chi connectivity index (χ4n) is 2.37. The Labute approximate surface area is 150 Å². The van der Waals surface area contributed by atoms with Crippen molar-refractivity contribution in [1.82, 2.24) is 10.1 Å². The molecular weight excluding hydrogens is 336 g/mol. The van der Waals surface area contributed by atoms with Gasteiger partial charge in [0.15, 0.2) is 18.1 Å². The van der Waals surface area contributed by atoms with Gasteiger partial charge in [0, 0.05) is 5.56 Å². The molecule has 0 N–H and O–H groups in total. The van der Waals surface area contributed by atoms with E-state index in [1.54, 1.807) is 32.4 Å². The molecule has 1 aromatic heterocycles. The number of rotatable bonds is 7. The molecule has 0 saturated heterocycles. The average Bonchev–Trinajstić information content (AvgIpc) is 3.16. The highest BCUT2D eigenvalue weighted by Crippen LogP contribution is 2.27. The summed E-state index contributed by atoms with van der Waals surface area (Å²) in [5, 5.41) is 3.88. The standard InChI is InChI=1S/C19H18N2O5/c1-23-15-9-8-13(10-16(15)24-2)11-18(22)25-12-17-20-19(21-26-17)14-6-4-3-5-7-14/h3-10H,11-12H2,1-2H3. The molecule has 0 amide bonds. The van der Waals surface area contributed by atoms with Crippen LogP contribution < -0.4 is 9.47 Å². The first kappa shape index (κ1) is 17.5. The third-order valence-corrected chi connectivity index (χ3v) is 3.65.